The summed E-state index contributed by atoms with van der Waals surface area (Å²) in [7, 11) is 1.85. The van der Waals surface area contributed by atoms with Gasteiger partial charge in [0.1, 0.15) is 11.6 Å². The van der Waals surface area contributed by atoms with Crippen LogP contribution in [0.5, 0.6) is 5.75 Å². The lowest BCUT2D eigenvalue weighted by molar-refractivity contribution is -0.116. The molecule has 1 heterocycles. The Kier molecular flexibility index (Phi) is 7.46. The second-order valence-electron chi connectivity index (χ2n) is 7.59. The number of carbonyl (C=O) groups is 1. The van der Waals surface area contributed by atoms with Crippen molar-refractivity contribution in [2.75, 3.05) is 19.0 Å². The van der Waals surface area contributed by atoms with E-state index in [-0.39, 0.29) is 7.33 Å². The molecular formula is C22H34N4O2. The largest absolute Gasteiger partial charge is 0.494 e. The summed E-state index contributed by atoms with van der Waals surface area (Å²) in [6.45, 7) is 4.45. The average molecular weight is 387 g/mol. The summed E-state index contributed by atoms with van der Waals surface area (Å²) in [6.07, 6.45) is 10.4. The van der Waals surface area contributed by atoms with Crippen LogP contribution in [0.25, 0.3) is 0 Å². The first kappa shape index (κ1) is 20.4. The van der Waals surface area contributed by atoms with Gasteiger partial charge in [0.25, 0.3) is 0 Å². The van der Waals surface area contributed by atoms with E-state index in [9.17, 15) is 4.79 Å². The van der Waals surface area contributed by atoms with Crippen molar-refractivity contribution >= 4 is 24.1 Å². The van der Waals surface area contributed by atoms with Gasteiger partial charge < -0.3 is 10.1 Å². The van der Waals surface area contributed by atoms with Crippen LogP contribution in [0.3, 0.4) is 0 Å². The van der Waals surface area contributed by atoms with Crippen LogP contribution in [0.4, 0.5) is 5.69 Å². The molecule has 1 saturated carbocycles. The van der Waals surface area contributed by atoms with Gasteiger partial charge in [0.05, 0.1) is 12.6 Å². The molecule has 0 saturated heterocycles. The number of unbranched alkanes of at least 4 members (excludes halogenated alkanes) is 1. The lowest BCUT2D eigenvalue weighted by Gasteiger charge is -2.32. The van der Waals surface area contributed by atoms with Crippen LogP contribution < -0.4 is 10.1 Å². The number of hydrogen-bond acceptors (Lipinski definition) is 4. The summed E-state index contributed by atoms with van der Waals surface area (Å²) in [5.41, 5.74) is 2.06. The molecular weight excluding hydrogens is 352 g/mol. The highest BCUT2D eigenvalue weighted by Crippen LogP contribution is 2.27. The highest BCUT2D eigenvalue weighted by atomic mass is 16.5. The predicted octanol–water partition coefficient (Wildman–Crippen LogP) is 4.65. The number of amidine groups is 1. The highest BCUT2D eigenvalue weighted by Gasteiger charge is 2.22. The third kappa shape index (κ3) is 5.33. The van der Waals surface area contributed by atoms with Gasteiger partial charge in [-0.05, 0) is 55.9 Å². The van der Waals surface area contributed by atoms with Crippen molar-refractivity contribution in [3.63, 3.8) is 0 Å². The van der Waals surface area contributed by atoms with Crippen molar-refractivity contribution in [1.29, 1.82) is 0 Å². The van der Waals surface area contributed by atoms with Gasteiger partial charge in [0, 0.05) is 33.7 Å². The molecule has 1 aromatic carbocycles. The van der Waals surface area contributed by atoms with Gasteiger partial charge in [-0.2, -0.15) is 5.10 Å². The fourth-order valence-electron chi connectivity index (χ4n) is 4.09. The van der Waals surface area contributed by atoms with Crippen LogP contribution in [0, 0.1) is 0 Å². The van der Waals surface area contributed by atoms with E-state index in [1.165, 1.54) is 32.1 Å². The zero-order chi connectivity index (χ0) is 19.8. The summed E-state index contributed by atoms with van der Waals surface area (Å²) in [5.74, 6) is 1.99. The minimum atomic E-state index is 0. The van der Waals surface area contributed by atoms with Crippen molar-refractivity contribution < 1.29 is 11.0 Å². The Morgan fingerprint density at radius 3 is 2.86 bits per heavy atom. The summed E-state index contributed by atoms with van der Waals surface area (Å²) in [6, 6.07) is 6.36. The molecule has 1 aliphatic carbocycles. The standard InChI is InChI=1S/C22H32N4O2.H2/c1-23-21(26(24-2)18-8-4-3-5-9-18)10-6-7-15-28-19-12-13-20-17(16-19)11-14-22(27)25-20;/h12-13,16,18H,2-11,14-15H2,1H3,(H,25,27);1H. The van der Waals surface area contributed by atoms with Crippen LogP contribution in [-0.2, 0) is 11.2 Å². The zero-order valence-electron chi connectivity index (χ0n) is 17.0. The molecule has 0 spiro atoms. The number of fused-ring (bicyclic) bond motifs is 1. The van der Waals surface area contributed by atoms with E-state index in [1.54, 1.807) is 0 Å². The molecule has 0 bridgehead atoms. The number of amides is 1. The van der Waals surface area contributed by atoms with Crippen molar-refractivity contribution in [3.8, 4) is 5.75 Å². The Bertz CT molecular complexity index is 717. The molecule has 0 unspecified atom stereocenters. The smallest absolute Gasteiger partial charge is 0.224 e. The minimum Gasteiger partial charge on any atom is -0.494 e. The molecule has 28 heavy (non-hydrogen) atoms. The average Bonchev–Trinajstić information content (AvgIpc) is 2.73. The monoisotopic (exact) mass is 386 g/mol. The molecule has 1 amide bonds. The predicted molar refractivity (Wildman–Crippen MR) is 116 cm³/mol. The molecule has 3 rings (SSSR count). The van der Waals surface area contributed by atoms with E-state index in [4.69, 9.17) is 4.74 Å². The normalized spacial score (nSPS) is 17.6. The van der Waals surface area contributed by atoms with Crippen molar-refractivity contribution in [3.05, 3.63) is 23.8 Å². The lowest BCUT2D eigenvalue weighted by atomic mass is 9.95. The number of ether oxygens (including phenoxy) is 1. The molecule has 154 valence electrons. The van der Waals surface area contributed by atoms with Gasteiger partial charge >= 0.3 is 0 Å². The Labute approximate surface area is 169 Å². The number of carbonyl (C=O) groups excluding carboxylic acids is 1. The van der Waals surface area contributed by atoms with E-state index in [0.717, 1.165) is 48.5 Å². The van der Waals surface area contributed by atoms with Crippen LogP contribution in [-0.4, -0.2) is 43.2 Å². The number of aliphatic imine (C=N–C) groups is 1. The quantitative estimate of drug-likeness (QED) is 0.306. The first-order valence-electron chi connectivity index (χ1n) is 10.5. The van der Waals surface area contributed by atoms with Gasteiger partial charge in [-0.25, -0.2) is 5.01 Å². The summed E-state index contributed by atoms with van der Waals surface area (Å²) >= 11 is 0. The molecule has 6 nitrogen and oxygen atoms in total. The summed E-state index contributed by atoms with van der Waals surface area (Å²) in [5, 5.41) is 9.22. The Hall–Kier alpha value is -2.37. The number of nitrogens with one attached hydrogen (secondary N) is 1. The molecule has 1 aliphatic heterocycles. The third-order valence-corrected chi connectivity index (χ3v) is 5.63. The van der Waals surface area contributed by atoms with Crippen LogP contribution in [0.15, 0.2) is 28.3 Å². The number of anilines is 1. The molecule has 1 aromatic rings. The summed E-state index contributed by atoms with van der Waals surface area (Å²) < 4.78 is 5.92. The van der Waals surface area contributed by atoms with Gasteiger partial charge in [0.2, 0.25) is 5.91 Å². The maximum atomic E-state index is 11.4. The maximum absolute atomic E-state index is 11.4. The van der Waals surface area contributed by atoms with Gasteiger partial charge in [-0.3, -0.25) is 9.79 Å². The Balaban J connectivity index is 0.00000300. The van der Waals surface area contributed by atoms with E-state index in [1.807, 2.05) is 25.2 Å². The van der Waals surface area contributed by atoms with Crippen LogP contribution >= 0.6 is 0 Å². The molecule has 1 fully saturated rings. The minimum absolute atomic E-state index is 0. The second kappa shape index (κ2) is 10.2. The van der Waals surface area contributed by atoms with E-state index in [0.29, 0.717) is 19.1 Å². The highest BCUT2D eigenvalue weighted by molar-refractivity contribution is 5.94. The first-order valence-corrected chi connectivity index (χ1v) is 10.5. The van der Waals surface area contributed by atoms with Crippen molar-refractivity contribution in [2.45, 2.75) is 70.3 Å². The maximum Gasteiger partial charge on any atom is 0.224 e. The van der Waals surface area contributed by atoms with Gasteiger partial charge in [0.15, 0.2) is 0 Å². The zero-order valence-corrected chi connectivity index (χ0v) is 17.0. The topological polar surface area (TPSA) is 66.3 Å². The number of nitrogens with zero attached hydrogens (tertiary/aromatic N) is 3. The van der Waals surface area contributed by atoms with E-state index in [2.05, 4.69) is 27.1 Å². The second-order valence-corrected chi connectivity index (χ2v) is 7.59. The van der Waals surface area contributed by atoms with Crippen molar-refractivity contribution in [2.24, 2.45) is 10.1 Å². The number of hydrogen-bond donors (Lipinski definition) is 1. The third-order valence-electron chi connectivity index (χ3n) is 5.63. The molecule has 6 heteroatoms. The molecule has 2 aliphatic rings. The molecule has 0 radical (unpaired) electrons. The lowest BCUT2D eigenvalue weighted by Crippen LogP contribution is -2.37. The SMILES string of the molecule is C=NN(C(CCCCOc1ccc2c(c1)CCC(=O)N2)=NC)C1CCCCC1.[HH]. The number of rotatable bonds is 8. The van der Waals surface area contributed by atoms with Crippen molar-refractivity contribution in [1.82, 2.24) is 5.01 Å². The van der Waals surface area contributed by atoms with Crippen LogP contribution in [0.2, 0.25) is 0 Å². The molecule has 0 aromatic heterocycles. The Morgan fingerprint density at radius 2 is 2.11 bits per heavy atom. The van der Waals surface area contributed by atoms with E-state index >= 15 is 0 Å². The molecule has 0 atom stereocenters. The fraction of sp³-hybridized carbons (Fsp3) is 0.591. The van der Waals surface area contributed by atoms with E-state index < -0.39 is 0 Å². The first-order chi connectivity index (χ1) is 13.7. The van der Waals surface area contributed by atoms with Crippen LogP contribution in [0.1, 0.15) is 64.8 Å². The number of hydrazone groups is 1. The molecule has 1 N–H and O–H groups in total. The number of benzene rings is 1. The number of aryl methyl sites for hydroxylation is 1. The summed E-state index contributed by atoms with van der Waals surface area (Å²) in [4.78, 5) is 15.9. The fourth-order valence-corrected chi connectivity index (χ4v) is 4.09. The van der Waals surface area contributed by atoms with Gasteiger partial charge in [-0.15, -0.1) is 0 Å². The Morgan fingerprint density at radius 1 is 1.29 bits per heavy atom. The van der Waals surface area contributed by atoms with Gasteiger partial charge in [-0.1, -0.05) is 19.3 Å².